The first-order valence-corrected chi connectivity index (χ1v) is 6.21. The van der Waals surface area contributed by atoms with E-state index in [4.69, 9.17) is 11.6 Å². The summed E-state index contributed by atoms with van der Waals surface area (Å²) in [6.07, 6.45) is 1.63. The van der Waals surface area contributed by atoms with E-state index < -0.39 is 11.1 Å². The second kappa shape index (κ2) is 6.05. The normalized spacial score (nSPS) is 16.1. The quantitative estimate of drug-likeness (QED) is 0.464. The number of allylic oxidation sites excluding steroid dienone is 1. The molecule has 1 aromatic rings. The van der Waals surface area contributed by atoms with Crippen molar-refractivity contribution in [1.82, 2.24) is 0 Å². The lowest BCUT2D eigenvalue weighted by Gasteiger charge is -2.11. The third kappa shape index (κ3) is 4.16. The molecule has 1 rings (SSSR count). The van der Waals surface area contributed by atoms with E-state index in [2.05, 4.69) is 0 Å². The second-order valence-electron chi connectivity index (χ2n) is 3.19. The predicted octanol–water partition coefficient (Wildman–Crippen LogP) is 2.79. The van der Waals surface area contributed by atoms with Crippen LogP contribution in [0.5, 0.6) is 0 Å². The van der Waals surface area contributed by atoms with Gasteiger partial charge in [-0.3, -0.25) is 4.21 Å². The first-order valence-electron chi connectivity index (χ1n) is 4.53. The van der Waals surface area contributed by atoms with E-state index >= 15 is 0 Å². The van der Waals surface area contributed by atoms with Gasteiger partial charge in [-0.2, -0.15) is 0 Å². The molecule has 0 heterocycles. The van der Waals surface area contributed by atoms with Crippen LogP contribution in [0, 0.1) is 0 Å². The summed E-state index contributed by atoms with van der Waals surface area (Å²) in [5, 5.41) is -0.255. The fourth-order valence-electron chi connectivity index (χ4n) is 1.19. The monoisotopic (exact) mass is 243 g/mol. The van der Waals surface area contributed by atoms with Gasteiger partial charge in [0.25, 0.3) is 0 Å². The van der Waals surface area contributed by atoms with E-state index in [9.17, 15) is 8.76 Å². The zero-order valence-corrected chi connectivity index (χ0v) is 9.92. The van der Waals surface area contributed by atoms with Crippen molar-refractivity contribution in [2.75, 3.05) is 5.75 Å². The molecule has 0 bridgehead atoms. The zero-order valence-electron chi connectivity index (χ0n) is 8.35. The maximum atomic E-state index is 10.4. The van der Waals surface area contributed by atoms with Crippen molar-refractivity contribution in [3.8, 4) is 0 Å². The highest BCUT2D eigenvalue weighted by atomic mass is 35.5. The first-order chi connectivity index (χ1) is 7.11. The minimum absolute atomic E-state index is 0.0158. The number of alkyl halides is 1. The molecule has 0 saturated carbocycles. The van der Waals surface area contributed by atoms with Gasteiger partial charge in [0.15, 0.2) is 0 Å². The van der Waals surface area contributed by atoms with Gasteiger partial charge in [-0.15, -0.1) is 11.6 Å². The lowest BCUT2D eigenvalue weighted by Crippen LogP contribution is -1.96. The van der Waals surface area contributed by atoms with Crippen molar-refractivity contribution in [3.63, 3.8) is 0 Å². The molecule has 0 saturated heterocycles. The molecule has 2 atom stereocenters. The van der Waals surface area contributed by atoms with Gasteiger partial charge in [-0.25, -0.2) is 0 Å². The Labute approximate surface area is 97.2 Å². The molecule has 15 heavy (non-hydrogen) atoms. The fraction of sp³-hybridized carbons (Fsp3) is 0.273. The zero-order chi connectivity index (χ0) is 11.3. The highest BCUT2D eigenvalue weighted by Crippen LogP contribution is 2.27. The van der Waals surface area contributed by atoms with E-state index in [0.29, 0.717) is 0 Å². The standard InChI is InChI=1S/C11H13ClO2S/c1-9(7-8-15(13)14)11(12)10-5-3-2-4-6-10/h2-7,11H,8H2,1H3,(H,13,14)/p-1. The van der Waals surface area contributed by atoms with Gasteiger partial charge < -0.3 is 4.55 Å². The lowest BCUT2D eigenvalue weighted by atomic mass is 10.1. The van der Waals surface area contributed by atoms with Crippen LogP contribution >= 0.6 is 11.6 Å². The summed E-state index contributed by atoms with van der Waals surface area (Å²) in [5.41, 5.74) is 1.83. The Balaban J connectivity index is 2.72. The Morgan fingerprint density at radius 1 is 1.53 bits per heavy atom. The molecule has 0 amide bonds. The molecule has 0 N–H and O–H groups in total. The Hall–Kier alpha value is -0.640. The predicted molar refractivity (Wildman–Crippen MR) is 62.6 cm³/mol. The van der Waals surface area contributed by atoms with Crippen molar-refractivity contribution in [3.05, 3.63) is 47.5 Å². The average Bonchev–Trinajstić information content (AvgIpc) is 2.26. The molecule has 0 radical (unpaired) electrons. The van der Waals surface area contributed by atoms with Gasteiger partial charge in [0.05, 0.1) is 5.38 Å². The Morgan fingerprint density at radius 3 is 2.67 bits per heavy atom. The second-order valence-corrected chi connectivity index (χ2v) is 4.57. The minimum atomic E-state index is -2.04. The van der Waals surface area contributed by atoms with Gasteiger partial charge in [0, 0.05) is 5.75 Å². The first kappa shape index (κ1) is 12.4. The third-order valence-corrected chi connectivity index (χ3v) is 3.07. The van der Waals surface area contributed by atoms with Crippen LogP contribution in [0.2, 0.25) is 0 Å². The molecule has 0 aliphatic carbocycles. The van der Waals surface area contributed by atoms with Crippen molar-refractivity contribution >= 4 is 22.7 Å². The summed E-state index contributed by atoms with van der Waals surface area (Å²) >= 11 is 4.13. The number of halogens is 1. The van der Waals surface area contributed by atoms with Gasteiger partial charge in [-0.05, 0) is 12.5 Å². The van der Waals surface area contributed by atoms with Crippen LogP contribution < -0.4 is 0 Å². The molecular weight excluding hydrogens is 232 g/mol. The van der Waals surface area contributed by atoms with Crippen LogP contribution in [0.25, 0.3) is 0 Å². The minimum Gasteiger partial charge on any atom is -0.772 e. The maximum Gasteiger partial charge on any atom is 0.0793 e. The highest BCUT2D eigenvalue weighted by molar-refractivity contribution is 7.79. The molecule has 1 aromatic carbocycles. The Bertz CT molecular complexity index is 362. The SMILES string of the molecule is CC(=CCS(=O)[O-])C(Cl)c1ccccc1. The molecule has 2 nitrogen and oxygen atoms in total. The van der Waals surface area contributed by atoms with Crippen LogP contribution in [0.15, 0.2) is 42.0 Å². The van der Waals surface area contributed by atoms with Crippen LogP contribution in [-0.4, -0.2) is 14.5 Å². The van der Waals surface area contributed by atoms with Crippen molar-refractivity contribution in [1.29, 1.82) is 0 Å². The van der Waals surface area contributed by atoms with E-state index in [1.54, 1.807) is 6.08 Å². The lowest BCUT2D eigenvalue weighted by molar-refractivity contribution is 0.540. The molecule has 0 aliphatic rings. The molecule has 0 aromatic heterocycles. The summed E-state index contributed by atoms with van der Waals surface area (Å²) in [6.45, 7) is 1.83. The molecule has 2 unspecified atom stereocenters. The van der Waals surface area contributed by atoms with Crippen LogP contribution in [-0.2, 0) is 11.1 Å². The van der Waals surface area contributed by atoms with Gasteiger partial charge in [0.1, 0.15) is 0 Å². The van der Waals surface area contributed by atoms with Crippen molar-refractivity contribution < 1.29 is 8.76 Å². The van der Waals surface area contributed by atoms with E-state index in [-0.39, 0.29) is 11.1 Å². The van der Waals surface area contributed by atoms with Gasteiger partial charge in [-0.1, -0.05) is 53.1 Å². The fourth-order valence-corrected chi connectivity index (χ4v) is 1.82. The Kier molecular flexibility index (Phi) is 5.02. The summed E-state index contributed by atoms with van der Waals surface area (Å²) in [7, 11) is 0. The maximum absolute atomic E-state index is 10.4. The summed E-state index contributed by atoms with van der Waals surface area (Å²) in [5.74, 6) is 0.0158. The van der Waals surface area contributed by atoms with Crippen molar-refractivity contribution in [2.45, 2.75) is 12.3 Å². The van der Waals surface area contributed by atoms with Crippen molar-refractivity contribution in [2.24, 2.45) is 0 Å². The Morgan fingerprint density at radius 2 is 2.13 bits per heavy atom. The topological polar surface area (TPSA) is 40.1 Å². The molecule has 0 spiro atoms. The highest BCUT2D eigenvalue weighted by Gasteiger charge is 2.08. The summed E-state index contributed by atoms with van der Waals surface area (Å²) in [6, 6.07) is 9.57. The molecule has 82 valence electrons. The number of benzene rings is 1. The summed E-state index contributed by atoms with van der Waals surface area (Å²) < 4.78 is 20.8. The molecule has 0 aliphatic heterocycles. The summed E-state index contributed by atoms with van der Waals surface area (Å²) in [4.78, 5) is 0. The van der Waals surface area contributed by atoms with E-state index in [1.807, 2.05) is 37.3 Å². The number of hydrogen-bond acceptors (Lipinski definition) is 2. The van der Waals surface area contributed by atoms with Crippen LogP contribution in [0.4, 0.5) is 0 Å². The number of rotatable bonds is 4. The average molecular weight is 244 g/mol. The van der Waals surface area contributed by atoms with Gasteiger partial charge >= 0.3 is 0 Å². The van der Waals surface area contributed by atoms with Crippen LogP contribution in [0.3, 0.4) is 0 Å². The molecular formula is C11H12ClO2S-. The molecule has 4 heteroatoms. The van der Waals surface area contributed by atoms with E-state index in [1.165, 1.54) is 0 Å². The number of hydrogen-bond donors (Lipinski definition) is 0. The molecule has 0 fully saturated rings. The van der Waals surface area contributed by atoms with Gasteiger partial charge in [0.2, 0.25) is 0 Å². The van der Waals surface area contributed by atoms with Crippen LogP contribution in [0.1, 0.15) is 17.9 Å². The third-order valence-electron chi connectivity index (χ3n) is 2.03. The largest absolute Gasteiger partial charge is 0.772 e. The smallest absolute Gasteiger partial charge is 0.0793 e. The van der Waals surface area contributed by atoms with E-state index in [0.717, 1.165) is 11.1 Å².